The van der Waals surface area contributed by atoms with E-state index in [1.807, 2.05) is 12.1 Å². The molecule has 0 spiro atoms. The summed E-state index contributed by atoms with van der Waals surface area (Å²) < 4.78 is 5.61. The highest BCUT2D eigenvalue weighted by Gasteiger charge is 2.21. The van der Waals surface area contributed by atoms with Gasteiger partial charge in [0.2, 0.25) is 0 Å². The van der Waals surface area contributed by atoms with E-state index in [4.69, 9.17) is 17.0 Å². The number of nitrogens with zero attached hydrogens (tertiary/aromatic N) is 2. The molecular formula is C17H25N3O2S. The fraction of sp³-hybridized carbons (Fsp3) is 0.588. The number of thiocarbonyl (C=S) groups is 1. The Morgan fingerprint density at radius 2 is 2.13 bits per heavy atom. The van der Waals surface area contributed by atoms with Crippen LogP contribution in [0.3, 0.4) is 0 Å². The predicted molar refractivity (Wildman–Crippen MR) is 94.5 cm³/mol. The highest BCUT2D eigenvalue weighted by molar-refractivity contribution is 7.80. The Bertz CT molecular complexity index is 526. The lowest BCUT2D eigenvalue weighted by atomic mass is 10.2. The van der Waals surface area contributed by atoms with Crippen LogP contribution >= 0.6 is 12.2 Å². The van der Waals surface area contributed by atoms with Gasteiger partial charge in [0, 0.05) is 45.9 Å². The number of phenolic OH excluding ortho intramolecular Hbond substituents is 1. The average Bonchev–Trinajstić information content (AvgIpc) is 3.07. The van der Waals surface area contributed by atoms with Crippen molar-refractivity contribution in [1.82, 2.24) is 15.1 Å². The van der Waals surface area contributed by atoms with E-state index < -0.39 is 0 Å². The van der Waals surface area contributed by atoms with Crippen molar-refractivity contribution < 1.29 is 9.84 Å². The SMILES string of the molecule is Oc1cccc(CN2CCN(C(=S)NC[C@H]3CCCO3)CC2)c1. The molecule has 23 heavy (non-hydrogen) atoms. The quantitative estimate of drug-likeness (QED) is 0.815. The van der Waals surface area contributed by atoms with Crippen LogP contribution in [-0.4, -0.2) is 65.5 Å². The lowest BCUT2D eigenvalue weighted by Crippen LogP contribution is -2.52. The smallest absolute Gasteiger partial charge is 0.169 e. The van der Waals surface area contributed by atoms with Crippen molar-refractivity contribution in [3.8, 4) is 5.75 Å². The van der Waals surface area contributed by atoms with Crippen molar-refractivity contribution in [2.75, 3.05) is 39.3 Å². The van der Waals surface area contributed by atoms with Crippen molar-refractivity contribution >= 4 is 17.3 Å². The minimum Gasteiger partial charge on any atom is -0.508 e. The van der Waals surface area contributed by atoms with Crippen molar-refractivity contribution in [2.45, 2.75) is 25.5 Å². The third-order valence-electron chi connectivity index (χ3n) is 4.48. The highest BCUT2D eigenvalue weighted by atomic mass is 32.1. The zero-order valence-electron chi connectivity index (χ0n) is 13.4. The molecule has 0 unspecified atom stereocenters. The molecule has 0 radical (unpaired) electrons. The zero-order chi connectivity index (χ0) is 16.1. The Kier molecular flexibility index (Phi) is 5.70. The summed E-state index contributed by atoms with van der Waals surface area (Å²) in [5, 5.41) is 13.7. The van der Waals surface area contributed by atoms with E-state index in [-0.39, 0.29) is 0 Å². The van der Waals surface area contributed by atoms with Crippen LogP contribution in [-0.2, 0) is 11.3 Å². The number of phenols is 1. The van der Waals surface area contributed by atoms with Crippen LogP contribution in [0.4, 0.5) is 0 Å². The first-order chi connectivity index (χ1) is 11.2. The maximum absolute atomic E-state index is 9.54. The number of piperazine rings is 1. The molecule has 2 saturated heterocycles. The number of hydrogen-bond acceptors (Lipinski definition) is 4. The van der Waals surface area contributed by atoms with Crippen molar-refractivity contribution in [3.05, 3.63) is 29.8 Å². The van der Waals surface area contributed by atoms with Gasteiger partial charge in [-0.25, -0.2) is 0 Å². The minimum atomic E-state index is 0.319. The molecule has 0 bridgehead atoms. The predicted octanol–water partition coefficient (Wildman–Crippen LogP) is 1.56. The van der Waals surface area contributed by atoms with Crippen LogP contribution in [0, 0.1) is 0 Å². The van der Waals surface area contributed by atoms with E-state index in [2.05, 4.69) is 21.2 Å². The summed E-state index contributed by atoms with van der Waals surface area (Å²) in [6.07, 6.45) is 2.61. The van der Waals surface area contributed by atoms with E-state index in [1.165, 1.54) is 0 Å². The van der Waals surface area contributed by atoms with Crippen molar-refractivity contribution in [3.63, 3.8) is 0 Å². The number of rotatable bonds is 4. The summed E-state index contributed by atoms with van der Waals surface area (Å²) in [5.41, 5.74) is 1.15. The van der Waals surface area contributed by atoms with Gasteiger partial charge in [-0.2, -0.15) is 0 Å². The molecule has 2 aliphatic rings. The summed E-state index contributed by atoms with van der Waals surface area (Å²) in [5.74, 6) is 0.334. The molecule has 126 valence electrons. The number of ether oxygens (including phenoxy) is 1. The van der Waals surface area contributed by atoms with Gasteiger partial charge in [0.15, 0.2) is 5.11 Å². The molecule has 1 aromatic rings. The number of nitrogens with one attached hydrogen (secondary N) is 1. The van der Waals surface area contributed by atoms with Crippen LogP contribution in [0.15, 0.2) is 24.3 Å². The van der Waals surface area contributed by atoms with Crippen LogP contribution in [0.2, 0.25) is 0 Å². The number of aromatic hydroxyl groups is 1. The molecule has 0 aromatic heterocycles. The fourth-order valence-corrected chi connectivity index (χ4v) is 3.41. The largest absolute Gasteiger partial charge is 0.508 e. The van der Waals surface area contributed by atoms with Gasteiger partial charge in [0.1, 0.15) is 5.75 Å². The topological polar surface area (TPSA) is 48.0 Å². The van der Waals surface area contributed by atoms with E-state index >= 15 is 0 Å². The normalized spacial score (nSPS) is 22.3. The van der Waals surface area contributed by atoms with Gasteiger partial charge in [-0.15, -0.1) is 0 Å². The molecule has 2 N–H and O–H groups in total. The second-order valence-electron chi connectivity index (χ2n) is 6.25. The second kappa shape index (κ2) is 7.95. The van der Waals surface area contributed by atoms with Crippen LogP contribution in [0.25, 0.3) is 0 Å². The van der Waals surface area contributed by atoms with Gasteiger partial charge in [-0.1, -0.05) is 12.1 Å². The molecule has 2 heterocycles. The van der Waals surface area contributed by atoms with Crippen LogP contribution in [0.5, 0.6) is 5.75 Å². The Morgan fingerprint density at radius 1 is 1.30 bits per heavy atom. The third kappa shape index (κ3) is 4.80. The molecular weight excluding hydrogens is 310 g/mol. The first kappa shape index (κ1) is 16.5. The minimum absolute atomic E-state index is 0.319. The molecule has 6 heteroatoms. The first-order valence-electron chi connectivity index (χ1n) is 8.35. The van der Waals surface area contributed by atoms with E-state index in [1.54, 1.807) is 6.07 Å². The fourth-order valence-electron chi connectivity index (χ4n) is 3.14. The monoisotopic (exact) mass is 335 g/mol. The summed E-state index contributed by atoms with van der Waals surface area (Å²) in [6.45, 7) is 6.43. The Labute approximate surface area is 143 Å². The van der Waals surface area contributed by atoms with Gasteiger partial charge in [0.25, 0.3) is 0 Å². The van der Waals surface area contributed by atoms with Gasteiger partial charge >= 0.3 is 0 Å². The summed E-state index contributed by atoms with van der Waals surface area (Å²) in [6, 6.07) is 7.49. The number of hydrogen-bond donors (Lipinski definition) is 2. The van der Waals surface area contributed by atoms with Gasteiger partial charge < -0.3 is 20.1 Å². The van der Waals surface area contributed by atoms with Crippen molar-refractivity contribution in [1.29, 1.82) is 0 Å². The van der Waals surface area contributed by atoms with Gasteiger partial charge in [-0.3, -0.25) is 4.90 Å². The molecule has 2 aliphatic heterocycles. The number of benzene rings is 1. The maximum atomic E-state index is 9.54. The molecule has 3 rings (SSSR count). The van der Waals surface area contributed by atoms with Gasteiger partial charge in [0.05, 0.1) is 6.10 Å². The maximum Gasteiger partial charge on any atom is 0.169 e. The van der Waals surface area contributed by atoms with Crippen LogP contribution < -0.4 is 5.32 Å². The molecule has 0 aliphatic carbocycles. The lowest BCUT2D eigenvalue weighted by Gasteiger charge is -2.36. The van der Waals surface area contributed by atoms with Gasteiger partial charge in [-0.05, 0) is 42.8 Å². The summed E-state index contributed by atoms with van der Waals surface area (Å²) in [7, 11) is 0. The van der Waals surface area contributed by atoms with E-state index in [0.717, 1.165) is 69.4 Å². The summed E-state index contributed by atoms with van der Waals surface area (Å²) in [4.78, 5) is 4.64. The van der Waals surface area contributed by atoms with E-state index in [9.17, 15) is 5.11 Å². The third-order valence-corrected chi connectivity index (χ3v) is 4.88. The first-order valence-corrected chi connectivity index (χ1v) is 8.76. The molecule has 1 atom stereocenters. The highest BCUT2D eigenvalue weighted by Crippen LogP contribution is 2.14. The molecule has 5 nitrogen and oxygen atoms in total. The standard InChI is InChI=1S/C17H25N3O2S/c21-15-4-1-3-14(11-15)13-19-6-8-20(9-7-19)17(23)18-12-16-5-2-10-22-16/h1,3-4,11,16,21H,2,5-10,12-13H2,(H,18,23)/t16-/m1/s1. The summed E-state index contributed by atoms with van der Waals surface area (Å²) >= 11 is 5.50. The molecule has 0 amide bonds. The Hall–Kier alpha value is -1.37. The second-order valence-corrected chi connectivity index (χ2v) is 6.64. The molecule has 1 aromatic carbocycles. The average molecular weight is 335 g/mol. The van der Waals surface area contributed by atoms with Crippen molar-refractivity contribution in [2.24, 2.45) is 0 Å². The van der Waals surface area contributed by atoms with Crippen LogP contribution in [0.1, 0.15) is 18.4 Å². The Morgan fingerprint density at radius 3 is 2.83 bits per heavy atom. The zero-order valence-corrected chi connectivity index (χ0v) is 14.2. The lowest BCUT2D eigenvalue weighted by molar-refractivity contribution is 0.112. The molecule has 0 saturated carbocycles. The molecule has 2 fully saturated rings. The Balaban J connectivity index is 1.40. The van der Waals surface area contributed by atoms with E-state index in [0.29, 0.717) is 11.9 Å².